The fourth-order valence-corrected chi connectivity index (χ4v) is 4.68. The molecule has 0 aliphatic carbocycles. The van der Waals surface area contributed by atoms with Gasteiger partial charge in [-0.2, -0.15) is 5.26 Å². The predicted octanol–water partition coefficient (Wildman–Crippen LogP) is 3.84. The second-order valence-electron chi connectivity index (χ2n) is 3.47. The highest BCUT2D eigenvalue weighted by atomic mass is 79.9. The molecule has 1 aromatic heterocycles. The van der Waals surface area contributed by atoms with Gasteiger partial charge in [0.25, 0.3) is 10.0 Å². The minimum Gasteiger partial charge on any atom is -0.277 e. The molecular weight excluding hydrogens is 372 g/mol. The lowest BCUT2D eigenvalue weighted by atomic mass is 10.2. The standard InChI is InChI=1S/C11H6BrClN2O2S2/c12-10-3-4-11(18-10)19(16,17)15-9-2-1-7(6-14)5-8(9)13/h1-5,15H. The van der Waals surface area contributed by atoms with Gasteiger partial charge in [0.15, 0.2) is 0 Å². The van der Waals surface area contributed by atoms with Crippen LogP contribution in [0.15, 0.2) is 38.3 Å². The molecule has 1 N–H and O–H groups in total. The molecule has 98 valence electrons. The second-order valence-corrected chi connectivity index (χ2v) is 8.25. The highest BCUT2D eigenvalue weighted by Crippen LogP contribution is 2.30. The Balaban J connectivity index is 2.34. The monoisotopic (exact) mass is 376 g/mol. The van der Waals surface area contributed by atoms with E-state index >= 15 is 0 Å². The number of nitriles is 1. The first-order valence-corrected chi connectivity index (χ1v) is 8.37. The minimum absolute atomic E-state index is 0.179. The Labute approximate surface area is 127 Å². The van der Waals surface area contributed by atoms with Gasteiger partial charge in [0.1, 0.15) is 4.21 Å². The number of hydrogen-bond donors (Lipinski definition) is 1. The smallest absolute Gasteiger partial charge is 0.271 e. The van der Waals surface area contributed by atoms with Crippen LogP contribution in [-0.4, -0.2) is 8.42 Å². The van der Waals surface area contributed by atoms with Crippen LogP contribution in [0.5, 0.6) is 0 Å². The molecule has 0 aliphatic heterocycles. The summed E-state index contributed by atoms with van der Waals surface area (Å²) in [6.07, 6.45) is 0. The average Bonchev–Trinajstić information content (AvgIpc) is 2.79. The van der Waals surface area contributed by atoms with Crippen LogP contribution >= 0.6 is 38.9 Å². The van der Waals surface area contributed by atoms with E-state index in [0.29, 0.717) is 5.56 Å². The molecule has 0 saturated heterocycles. The van der Waals surface area contributed by atoms with E-state index in [2.05, 4.69) is 20.7 Å². The third-order valence-corrected chi connectivity index (χ3v) is 5.95. The summed E-state index contributed by atoms with van der Waals surface area (Å²) in [4.78, 5) is 0. The molecule has 1 aromatic carbocycles. The van der Waals surface area contributed by atoms with Crippen LogP contribution in [0.2, 0.25) is 5.02 Å². The molecule has 0 radical (unpaired) electrons. The molecule has 19 heavy (non-hydrogen) atoms. The number of benzene rings is 1. The number of rotatable bonds is 3. The molecule has 0 bridgehead atoms. The molecule has 1 heterocycles. The fraction of sp³-hybridized carbons (Fsp3) is 0. The molecule has 0 aliphatic rings. The third-order valence-electron chi connectivity index (χ3n) is 2.16. The first-order valence-electron chi connectivity index (χ1n) is 4.90. The van der Waals surface area contributed by atoms with Crippen molar-refractivity contribution < 1.29 is 8.42 Å². The molecule has 0 fully saturated rings. The Bertz CT molecular complexity index is 765. The van der Waals surface area contributed by atoms with Crippen LogP contribution < -0.4 is 4.72 Å². The zero-order valence-electron chi connectivity index (χ0n) is 9.22. The van der Waals surface area contributed by atoms with Gasteiger partial charge in [0, 0.05) is 0 Å². The van der Waals surface area contributed by atoms with Gasteiger partial charge in [-0.25, -0.2) is 8.42 Å². The zero-order chi connectivity index (χ0) is 14.0. The Morgan fingerprint density at radius 2 is 2.05 bits per heavy atom. The molecule has 0 unspecified atom stereocenters. The third kappa shape index (κ3) is 3.28. The van der Waals surface area contributed by atoms with Gasteiger partial charge < -0.3 is 0 Å². The highest BCUT2D eigenvalue weighted by Gasteiger charge is 2.18. The van der Waals surface area contributed by atoms with Gasteiger partial charge in [-0.05, 0) is 46.3 Å². The fourth-order valence-electron chi connectivity index (χ4n) is 1.30. The maximum Gasteiger partial charge on any atom is 0.271 e. The van der Waals surface area contributed by atoms with Crippen molar-refractivity contribution in [2.75, 3.05) is 4.72 Å². The SMILES string of the molecule is N#Cc1ccc(NS(=O)(=O)c2ccc(Br)s2)c(Cl)c1. The second kappa shape index (κ2) is 5.51. The highest BCUT2D eigenvalue weighted by molar-refractivity contribution is 9.11. The van der Waals surface area contributed by atoms with E-state index in [0.717, 1.165) is 15.1 Å². The topological polar surface area (TPSA) is 70.0 Å². The van der Waals surface area contributed by atoms with Crippen LogP contribution in [0, 0.1) is 11.3 Å². The average molecular weight is 378 g/mol. The van der Waals surface area contributed by atoms with E-state index in [-0.39, 0.29) is 14.9 Å². The van der Waals surface area contributed by atoms with Crippen LogP contribution in [-0.2, 0) is 10.0 Å². The van der Waals surface area contributed by atoms with Crippen LogP contribution in [0.25, 0.3) is 0 Å². The number of sulfonamides is 1. The van der Waals surface area contributed by atoms with Gasteiger partial charge in [-0.1, -0.05) is 11.6 Å². The maximum atomic E-state index is 12.1. The number of thiophene rings is 1. The predicted molar refractivity (Wildman–Crippen MR) is 79.0 cm³/mol. The summed E-state index contributed by atoms with van der Waals surface area (Å²) in [5, 5.41) is 8.89. The Kier molecular flexibility index (Phi) is 4.16. The number of hydrogen-bond acceptors (Lipinski definition) is 4. The minimum atomic E-state index is -3.66. The van der Waals surface area contributed by atoms with Crippen molar-refractivity contribution >= 4 is 54.6 Å². The summed E-state index contributed by atoms with van der Waals surface area (Å²) >= 11 is 10.2. The lowest BCUT2D eigenvalue weighted by Crippen LogP contribution is -2.11. The summed E-state index contributed by atoms with van der Waals surface area (Å²) in [5.74, 6) is 0. The molecule has 2 rings (SSSR count). The lowest BCUT2D eigenvalue weighted by molar-refractivity contribution is 0.603. The molecule has 0 amide bonds. The maximum absolute atomic E-state index is 12.1. The quantitative estimate of drug-likeness (QED) is 0.883. The summed E-state index contributed by atoms with van der Waals surface area (Å²) in [6.45, 7) is 0. The first-order chi connectivity index (χ1) is 8.92. The van der Waals surface area contributed by atoms with Crippen molar-refractivity contribution in [3.05, 3.63) is 44.7 Å². The van der Waals surface area contributed by atoms with E-state index in [1.165, 1.54) is 24.3 Å². The largest absolute Gasteiger partial charge is 0.277 e. The first kappa shape index (κ1) is 14.3. The van der Waals surface area contributed by atoms with Crippen molar-refractivity contribution in [2.24, 2.45) is 0 Å². The van der Waals surface area contributed by atoms with Crippen molar-refractivity contribution in [3.63, 3.8) is 0 Å². The molecule has 2 aromatic rings. The normalized spacial score (nSPS) is 11.0. The summed E-state index contributed by atoms with van der Waals surface area (Å²) < 4.78 is 27.4. The number of halogens is 2. The number of nitrogens with zero attached hydrogens (tertiary/aromatic N) is 1. The molecule has 0 atom stereocenters. The zero-order valence-corrected chi connectivity index (χ0v) is 13.2. The molecule has 0 spiro atoms. The van der Waals surface area contributed by atoms with Crippen molar-refractivity contribution in [3.8, 4) is 6.07 Å². The molecule has 8 heteroatoms. The summed E-state index contributed by atoms with van der Waals surface area (Å²) in [7, 11) is -3.66. The van der Waals surface area contributed by atoms with E-state index in [1.54, 1.807) is 6.07 Å². The molecule has 0 saturated carbocycles. The van der Waals surface area contributed by atoms with E-state index in [4.69, 9.17) is 16.9 Å². The van der Waals surface area contributed by atoms with E-state index < -0.39 is 10.0 Å². The number of anilines is 1. The van der Waals surface area contributed by atoms with Gasteiger partial charge >= 0.3 is 0 Å². The summed E-state index contributed by atoms with van der Waals surface area (Å²) in [6, 6.07) is 9.43. The van der Waals surface area contributed by atoms with Crippen LogP contribution in [0.3, 0.4) is 0 Å². The number of nitrogens with one attached hydrogen (secondary N) is 1. The Morgan fingerprint density at radius 1 is 1.32 bits per heavy atom. The van der Waals surface area contributed by atoms with Gasteiger partial charge in [-0.3, -0.25) is 4.72 Å². The van der Waals surface area contributed by atoms with Crippen molar-refractivity contribution in [1.82, 2.24) is 0 Å². The van der Waals surface area contributed by atoms with Gasteiger partial charge in [0.05, 0.1) is 26.1 Å². The van der Waals surface area contributed by atoms with Gasteiger partial charge in [0.2, 0.25) is 0 Å². The van der Waals surface area contributed by atoms with E-state index in [9.17, 15) is 8.42 Å². The Hall–Kier alpha value is -1.07. The Morgan fingerprint density at radius 3 is 2.58 bits per heavy atom. The summed E-state index contributed by atoms with van der Waals surface area (Å²) in [5.41, 5.74) is 0.608. The van der Waals surface area contributed by atoms with E-state index in [1.807, 2.05) is 6.07 Å². The van der Waals surface area contributed by atoms with Crippen LogP contribution in [0.4, 0.5) is 5.69 Å². The van der Waals surface area contributed by atoms with Crippen molar-refractivity contribution in [1.29, 1.82) is 5.26 Å². The van der Waals surface area contributed by atoms with Gasteiger partial charge in [-0.15, -0.1) is 11.3 Å². The van der Waals surface area contributed by atoms with Crippen LogP contribution in [0.1, 0.15) is 5.56 Å². The van der Waals surface area contributed by atoms with Crippen molar-refractivity contribution in [2.45, 2.75) is 4.21 Å². The molecular formula is C11H6BrClN2O2S2. The molecule has 4 nitrogen and oxygen atoms in total. The lowest BCUT2D eigenvalue weighted by Gasteiger charge is -2.08.